The summed E-state index contributed by atoms with van der Waals surface area (Å²) in [6.07, 6.45) is 0. The highest BCUT2D eigenvalue weighted by molar-refractivity contribution is 8.13. The van der Waals surface area contributed by atoms with Crippen molar-refractivity contribution >= 4 is 61.9 Å². The van der Waals surface area contributed by atoms with Crippen LogP contribution in [-0.4, -0.2) is 26.8 Å². The molecule has 10 heteroatoms. The van der Waals surface area contributed by atoms with Crippen LogP contribution in [0.25, 0.3) is 55.1 Å². The number of amidine groups is 1. The van der Waals surface area contributed by atoms with Gasteiger partial charge in [0.2, 0.25) is 0 Å². The molecule has 0 saturated heterocycles. The maximum Gasteiger partial charge on any atom is 0.271 e. The van der Waals surface area contributed by atoms with E-state index in [1.807, 2.05) is 115 Å². The van der Waals surface area contributed by atoms with Gasteiger partial charge < -0.3 is 4.98 Å². The van der Waals surface area contributed by atoms with Crippen molar-refractivity contribution in [2.24, 2.45) is 15.9 Å². The monoisotopic (exact) mass is 812 g/mol. The molecule has 1 unspecified atom stereocenters. The summed E-state index contributed by atoms with van der Waals surface area (Å²) in [5.41, 5.74) is 7.89. The smallest absolute Gasteiger partial charge is 0.271 e. The van der Waals surface area contributed by atoms with Gasteiger partial charge in [-0.05, 0) is 60.5 Å². The number of aliphatic imine (C=N–C) groups is 2. The molecule has 1 aromatic heterocycles. The largest absolute Gasteiger partial charge is 0.300 e. The van der Waals surface area contributed by atoms with Crippen LogP contribution in [0.4, 0.5) is 0 Å². The first kappa shape index (κ1) is 38.2. The maximum atomic E-state index is 13.0. The second kappa shape index (κ2) is 16.8. The fraction of sp³-hybridized carbons (Fsp3) is 0.0600. The molecule has 0 spiro atoms. The Bertz CT molecular complexity index is 3150. The van der Waals surface area contributed by atoms with Gasteiger partial charge in [0.1, 0.15) is 11.6 Å². The quantitative estimate of drug-likeness (QED) is 0.113. The lowest BCUT2D eigenvalue weighted by molar-refractivity contribution is -0.118. The fourth-order valence-corrected chi connectivity index (χ4v) is 8.95. The summed E-state index contributed by atoms with van der Waals surface area (Å²) in [4.78, 5) is 42.4. The molecular formula is C50H32N6O2S2. The molecule has 1 atom stereocenters. The average molecular weight is 813 g/mol. The summed E-state index contributed by atoms with van der Waals surface area (Å²) in [5.74, 6) is -0.551. The van der Waals surface area contributed by atoms with Gasteiger partial charge in [-0.25, -0.2) is 9.98 Å². The summed E-state index contributed by atoms with van der Waals surface area (Å²) in [6, 6.07) is 56.6. The zero-order chi connectivity index (χ0) is 41.0. The van der Waals surface area contributed by atoms with Crippen LogP contribution in [-0.2, 0) is 16.3 Å². The van der Waals surface area contributed by atoms with Gasteiger partial charge in [-0.3, -0.25) is 9.59 Å². The van der Waals surface area contributed by atoms with Crippen molar-refractivity contribution < 1.29 is 4.79 Å². The SMILES string of the molecule is N#Cc1c(-c2ccc(-c3cccc4ccccc34)cc2)nc(SCc2ccc(CSC3=NC(=O)C(C#N)C(c4ccc(-c5cccc6ccccc56)cc4)=N3)cc2)[nH]c1=O. The Morgan fingerprint density at radius 2 is 1.08 bits per heavy atom. The molecule has 1 aliphatic heterocycles. The number of aromatic amines is 1. The molecule has 1 amide bonds. The van der Waals surface area contributed by atoms with Gasteiger partial charge in [0.15, 0.2) is 16.2 Å². The van der Waals surface area contributed by atoms with E-state index in [9.17, 15) is 20.1 Å². The van der Waals surface area contributed by atoms with Gasteiger partial charge >= 0.3 is 0 Å². The molecule has 8 aromatic rings. The van der Waals surface area contributed by atoms with E-state index in [-0.39, 0.29) is 5.56 Å². The summed E-state index contributed by atoms with van der Waals surface area (Å²) < 4.78 is 0. The first-order valence-electron chi connectivity index (χ1n) is 19.1. The Morgan fingerprint density at radius 3 is 1.65 bits per heavy atom. The van der Waals surface area contributed by atoms with E-state index in [4.69, 9.17) is 9.98 Å². The normalized spacial score (nSPS) is 13.7. The van der Waals surface area contributed by atoms with Crippen LogP contribution >= 0.6 is 23.5 Å². The van der Waals surface area contributed by atoms with Crippen molar-refractivity contribution in [1.82, 2.24) is 9.97 Å². The summed E-state index contributed by atoms with van der Waals surface area (Å²) in [5, 5.41) is 25.1. The van der Waals surface area contributed by atoms with Gasteiger partial charge in [-0.1, -0.05) is 181 Å². The van der Waals surface area contributed by atoms with Crippen molar-refractivity contribution in [3.63, 3.8) is 0 Å². The predicted molar refractivity (Wildman–Crippen MR) is 243 cm³/mol. The van der Waals surface area contributed by atoms with Crippen molar-refractivity contribution in [2.75, 3.05) is 0 Å². The third-order valence-electron chi connectivity index (χ3n) is 10.4. The number of nitriles is 2. The Labute approximate surface area is 354 Å². The molecule has 60 heavy (non-hydrogen) atoms. The Morgan fingerprint density at radius 1 is 0.567 bits per heavy atom. The molecular weight excluding hydrogens is 781 g/mol. The van der Waals surface area contributed by atoms with Crippen LogP contribution in [0, 0.1) is 28.6 Å². The Kier molecular flexibility index (Phi) is 10.7. The van der Waals surface area contributed by atoms with E-state index in [2.05, 4.69) is 64.6 Å². The highest BCUT2D eigenvalue weighted by Gasteiger charge is 2.30. The van der Waals surface area contributed by atoms with Crippen molar-refractivity contribution in [1.29, 1.82) is 10.5 Å². The van der Waals surface area contributed by atoms with Crippen LogP contribution in [0.5, 0.6) is 0 Å². The van der Waals surface area contributed by atoms with E-state index in [1.54, 1.807) is 0 Å². The second-order valence-corrected chi connectivity index (χ2v) is 16.0. The molecule has 1 N–H and O–H groups in total. The molecule has 0 bridgehead atoms. The van der Waals surface area contributed by atoms with Crippen molar-refractivity contribution in [2.45, 2.75) is 16.7 Å². The number of hydrogen-bond acceptors (Lipinski definition) is 8. The first-order chi connectivity index (χ1) is 29.4. The number of fused-ring (bicyclic) bond motifs is 2. The van der Waals surface area contributed by atoms with E-state index < -0.39 is 17.4 Å². The molecule has 0 radical (unpaired) electrons. The van der Waals surface area contributed by atoms with E-state index in [1.165, 1.54) is 23.5 Å². The number of aromatic nitrogens is 2. The molecule has 7 aromatic carbocycles. The van der Waals surface area contributed by atoms with Gasteiger partial charge in [0.25, 0.3) is 11.5 Å². The number of H-pyrrole nitrogens is 1. The minimum absolute atomic E-state index is 0.0298. The Balaban J connectivity index is 0.862. The zero-order valence-corrected chi connectivity index (χ0v) is 33.5. The average Bonchev–Trinajstić information content (AvgIpc) is 3.30. The van der Waals surface area contributed by atoms with Gasteiger partial charge in [0.05, 0.1) is 17.5 Å². The first-order valence-corrected chi connectivity index (χ1v) is 21.1. The minimum Gasteiger partial charge on any atom is -0.300 e. The van der Waals surface area contributed by atoms with Crippen LogP contribution in [0.15, 0.2) is 178 Å². The topological polar surface area (TPSA) is 135 Å². The van der Waals surface area contributed by atoms with Gasteiger partial charge in [0, 0.05) is 17.1 Å². The third kappa shape index (κ3) is 7.78. The van der Waals surface area contributed by atoms with Crippen LogP contribution in [0.1, 0.15) is 22.3 Å². The van der Waals surface area contributed by atoms with E-state index in [0.29, 0.717) is 44.4 Å². The van der Waals surface area contributed by atoms with Crippen LogP contribution in [0.3, 0.4) is 0 Å². The molecule has 0 fully saturated rings. The van der Waals surface area contributed by atoms with Crippen LogP contribution in [0.2, 0.25) is 0 Å². The number of benzene rings is 7. The molecule has 286 valence electrons. The van der Waals surface area contributed by atoms with Gasteiger partial charge in [-0.15, -0.1) is 0 Å². The second-order valence-electron chi connectivity index (χ2n) is 14.1. The zero-order valence-electron chi connectivity index (χ0n) is 31.9. The molecule has 0 aliphatic carbocycles. The molecule has 9 rings (SSSR count). The Hall–Kier alpha value is -7.37. The predicted octanol–water partition coefficient (Wildman–Crippen LogP) is 11.0. The number of rotatable bonds is 9. The summed E-state index contributed by atoms with van der Waals surface area (Å²) >= 11 is 2.72. The highest BCUT2D eigenvalue weighted by atomic mass is 32.2. The number of thioether (sulfide) groups is 2. The standard InChI is InChI=1S/C50H32N6O2S2/c51-27-43-45(37-23-19-35(20-24-37)41-13-5-9-33-7-1-3-11-39(33)41)53-49(55-47(43)57)59-29-31-15-17-32(18-16-31)30-60-50-54-46(44(28-52)48(58)56-50)38-25-21-36(22-26-38)42-14-6-10-34-8-2-4-12-40(34)42/h1-26,43H,29-30H2,(H,54,56,58). The summed E-state index contributed by atoms with van der Waals surface area (Å²) in [7, 11) is 0. The lowest BCUT2D eigenvalue weighted by Gasteiger charge is -2.16. The highest BCUT2D eigenvalue weighted by Crippen LogP contribution is 2.33. The van der Waals surface area contributed by atoms with Crippen LogP contribution < -0.4 is 5.56 Å². The molecule has 2 heterocycles. The number of amides is 1. The molecule has 8 nitrogen and oxygen atoms in total. The number of hydrogen-bond donors (Lipinski definition) is 1. The number of nitrogens with one attached hydrogen (secondary N) is 1. The minimum atomic E-state index is -1.08. The number of carbonyl (C=O) groups excluding carboxylic acids is 1. The number of nitrogens with zero attached hydrogens (tertiary/aromatic N) is 5. The molecule has 1 aliphatic rings. The fourth-order valence-electron chi connectivity index (χ4n) is 7.33. The van der Waals surface area contributed by atoms with Crippen molar-refractivity contribution in [3.05, 3.63) is 190 Å². The van der Waals surface area contributed by atoms with E-state index >= 15 is 0 Å². The lowest BCUT2D eigenvalue weighted by atomic mass is 9.93. The maximum absolute atomic E-state index is 13.0. The number of carbonyl (C=O) groups is 1. The lowest BCUT2D eigenvalue weighted by Crippen LogP contribution is -2.27. The summed E-state index contributed by atoms with van der Waals surface area (Å²) in [6.45, 7) is 0. The van der Waals surface area contributed by atoms with Gasteiger partial charge in [-0.2, -0.15) is 15.5 Å². The molecule has 0 saturated carbocycles. The van der Waals surface area contributed by atoms with Crippen molar-refractivity contribution in [3.8, 4) is 45.6 Å². The third-order valence-corrected chi connectivity index (χ3v) is 12.3. The van der Waals surface area contributed by atoms with E-state index in [0.717, 1.165) is 54.9 Å².